The fraction of sp³-hybridized carbons (Fsp3) is 0.900. The van der Waals surface area contributed by atoms with Crippen LogP contribution in [0.2, 0.25) is 0 Å². The molecule has 4 N–H and O–H groups in total. The van der Waals surface area contributed by atoms with Crippen LogP contribution in [0.1, 0.15) is 90.4 Å². The Balaban J connectivity index is 2.03. The molecule has 4 atom stereocenters. The lowest BCUT2D eigenvalue weighted by atomic mass is 9.99. The van der Waals surface area contributed by atoms with Gasteiger partial charge in [0.05, 0.1) is 18.8 Å². The van der Waals surface area contributed by atoms with E-state index in [-0.39, 0.29) is 5.67 Å². The van der Waals surface area contributed by atoms with Crippen molar-refractivity contribution >= 4 is 19.8 Å². The van der Waals surface area contributed by atoms with Crippen LogP contribution in [0.15, 0.2) is 0 Å². The molecular weight excluding hydrogens is 397 g/mol. The molecule has 4 unspecified atom stereocenters. The molecule has 0 fully saturated rings. The Labute approximate surface area is 175 Å². The third kappa shape index (κ3) is 12.5. The third-order valence-electron chi connectivity index (χ3n) is 5.12. The van der Waals surface area contributed by atoms with Gasteiger partial charge in [0.15, 0.2) is 0 Å². The fourth-order valence-corrected chi connectivity index (χ4v) is 3.63. The SMILES string of the molecule is CCCCCCCCCCCCCCC(O)C(O)C(CO)NC(=O)OC1=[P+]([O-])O1. The van der Waals surface area contributed by atoms with Gasteiger partial charge in [-0.05, 0) is 6.42 Å². The second-order valence-electron chi connectivity index (χ2n) is 7.67. The maximum absolute atomic E-state index is 11.5. The summed E-state index contributed by atoms with van der Waals surface area (Å²) >= 11 is 0. The van der Waals surface area contributed by atoms with Crippen molar-refractivity contribution in [1.82, 2.24) is 5.32 Å². The minimum atomic E-state index is -2.03. The molecule has 1 aliphatic rings. The maximum Gasteiger partial charge on any atom is 0.497 e. The molecule has 1 rings (SSSR count). The molecule has 0 saturated heterocycles. The molecule has 170 valence electrons. The molecule has 0 saturated carbocycles. The van der Waals surface area contributed by atoms with E-state index in [2.05, 4.69) is 21.5 Å². The molecule has 0 aromatic rings. The van der Waals surface area contributed by atoms with Crippen molar-refractivity contribution in [3.8, 4) is 0 Å². The predicted octanol–water partition coefficient (Wildman–Crippen LogP) is 2.68. The highest BCUT2D eigenvalue weighted by Crippen LogP contribution is 2.33. The van der Waals surface area contributed by atoms with E-state index >= 15 is 0 Å². The fourth-order valence-electron chi connectivity index (χ4n) is 3.24. The van der Waals surface area contributed by atoms with Crippen molar-refractivity contribution in [3.05, 3.63) is 0 Å². The van der Waals surface area contributed by atoms with Gasteiger partial charge in [0.1, 0.15) is 6.10 Å². The lowest BCUT2D eigenvalue weighted by Crippen LogP contribution is -2.50. The molecule has 0 spiro atoms. The Hall–Kier alpha value is -0.760. The molecule has 0 aliphatic carbocycles. The Bertz CT molecular complexity index is 489. The number of aliphatic hydroxyl groups excluding tert-OH is 3. The first-order valence-corrected chi connectivity index (χ1v) is 12.1. The number of hydrogen-bond donors (Lipinski definition) is 4. The Morgan fingerprint density at radius 2 is 1.52 bits per heavy atom. The average molecular weight is 435 g/mol. The van der Waals surface area contributed by atoms with E-state index in [4.69, 9.17) is 0 Å². The van der Waals surface area contributed by atoms with E-state index in [1.807, 2.05) is 0 Å². The number of rotatable bonds is 18. The lowest BCUT2D eigenvalue weighted by molar-refractivity contribution is -0.159. The van der Waals surface area contributed by atoms with Gasteiger partial charge < -0.3 is 30.3 Å². The predicted molar refractivity (Wildman–Crippen MR) is 111 cm³/mol. The number of ether oxygens (including phenoxy) is 1. The largest absolute Gasteiger partial charge is 0.597 e. The van der Waals surface area contributed by atoms with Crippen LogP contribution < -0.4 is 10.2 Å². The summed E-state index contributed by atoms with van der Waals surface area (Å²) in [7, 11) is -2.03. The quantitative estimate of drug-likeness (QED) is 0.192. The van der Waals surface area contributed by atoms with Gasteiger partial charge in [-0.15, -0.1) is 0 Å². The number of amides is 1. The molecule has 1 amide bonds. The topological polar surface area (TPSA) is 135 Å². The van der Waals surface area contributed by atoms with Gasteiger partial charge in [-0.25, -0.2) is 4.79 Å². The molecule has 9 heteroatoms. The van der Waals surface area contributed by atoms with Crippen LogP contribution in [0.3, 0.4) is 0 Å². The first-order chi connectivity index (χ1) is 14.0. The first-order valence-electron chi connectivity index (χ1n) is 11.0. The Kier molecular flexibility index (Phi) is 14.5. The molecule has 0 aromatic heterocycles. The molecule has 1 heterocycles. The van der Waals surface area contributed by atoms with E-state index in [0.29, 0.717) is 6.42 Å². The van der Waals surface area contributed by atoms with Crippen molar-refractivity contribution < 1.29 is 34.3 Å². The standard InChI is InChI=1S/C20H38NO7P/c1-2-3-4-5-6-7-8-9-10-11-12-13-14-17(23)18(24)16(15-22)21-19(25)27-20-28-29(20)26/h16-18,22-24H,2-15H2,1H3,(H,21,25). The first kappa shape index (κ1) is 26.3. The minimum Gasteiger partial charge on any atom is -0.597 e. The number of hydrogen-bond acceptors (Lipinski definition) is 7. The summed E-state index contributed by atoms with van der Waals surface area (Å²) in [4.78, 5) is 22.3. The monoisotopic (exact) mass is 435 g/mol. The minimum absolute atomic E-state index is 0.277. The molecule has 0 bridgehead atoms. The zero-order chi connectivity index (χ0) is 21.5. The molecule has 1 aliphatic heterocycles. The van der Waals surface area contributed by atoms with Crippen molar-refractivity contribution in [2.75, 3.05) is 6.61 Å². The van der Waals surface area contributed by atoms with Gasteiger partial charge in [-0.2, -0.15) is 0 Å². The summed E-state index contributed by atoms with van der Waals surface area (Å²) in [5.41, 5.74) is -0.277. The van der Waals surface area contributed by atoms with Crippen LogP contribution in [0.4, 0.5) is 4.79 Å². The normalized spacial score (nSPS) is 17.7. The van der Waals surface area contributed by atoms with Crippen LogP contribution in [-0.4, -0.2) is 51.9 Å². The van der Waals surface area contributed by atoms with Crippen LogP contribution in [-0.2, 0) is 9.26 Å². The third-order valence-corrected chi connectivity index (χ3v) is 5.76. The van der Waals surface area contributed by atoms with Gasteiger partial charge >= 0.3 is 19.8 Å². The van der Waals surface area contributed by atoms with Crippen molar-refractivity contribution in [2.45, 2.75) is 109 Å². The van der Waals surface area contributed by atoms with E-state index in [1.165, 1.54) is 57.8 Å². The number of carbonyl (C=O) groups is 1. The molecule has 0 aromatic carbocycles. The van der Waals surface area contributed by atoms with E-state index < -0.39 is 38.9 Å². The lowest BCUT2D eigenvalue weighted by Gasteiger charge is -2.25. The van der Waals surface area contributed by atoms with E-state index in [0.717, 1.165) is 19.3 Å². The van der Waals surface area contributed by atoms with Crippen LogP contribution in [0.5, 0.6) is 0 Å². The van der Waals surface area contributed by atoms with Crippen molar-refractivity contribution in [1.29, 1.82) is 0 Å². The second-order valence-corrected chi connectivity index (χ2v) is 8.73. The van der Waals surface area contributed by atoms with Gasteiger partial charge in [-0.3, -0.25) is 0 Å². The smallest absolute Gasteiger partial charge is 0.497 e. The number of nitrogens with one attached hydrogen (secondary N) is 1. The summed E-state index contributed by atoms with van der Waals surface area (Å²) in [6.45, 7) is 1.67. The maximum atomic E-state index is 11.5. The molecule has 0 radical (unpaired) electrons. The van der Waals surface area contributed by atoms with Crippen LogP contribution in [0.25, 0.3) is 0 Å². The van der Waals surface area contributed by atoms with Gasteiger partial charge in [0, 0.05) is 0 Å². The summed E-state index contributed by atoms with van der Waals surface area (Å²) in [5.74, 6) is 0. The second kappa shape index (κ2) is 16.0. The summed E-state index contributed by atoms with van der Waals surface area (Å²) in [6.07, 6.45) is 11.6. The number of alkyl carbamates (subject to hydrolysis) is 1. The molecule has 8 nitrogen and oxygen atoms in total. The van der Waals surface area contributed by atoms with Gasteiger partial charge in [-0.1, -0.05) is 88.5 Å². The van der Waals surface area contributed by atoms with Crippen molar-refractivity contribution in [2.24, 2.45) is 0 Å². The van der Waals surface area contributed by atoms with E-state index in [1.54, 1.807) is 0 Å². The van der Waals surface area contributed by atoms with Gasteiger partial charge in [0.2, 0.25) is 0 Å². The summed E-state index contributed by atoms with van der Waals surface area (Å²) in [6, 6.07) is -1.08. The molecule has 29 heavy (non-hydrogen) atoms. The highest BCUT2D eigenvalue weighted by Gasteiger charge is 2.39. The summed E-state index contributed by atoms with van der Waals surface area (Å²) in [5, 5.41) is 31.8. The number of aliphatic hydroxyl groups is 3. The van der Waals surface area contributed by atoms with Gasteiger partial charge in [0.25, 0.3) is 0 Å². The highest BCUT2D eigenvalue weighted by atomic mass is 31.1. The van der Waals surface area contributed by atoms with Crippen LogP contribution >= 0.6 is 8.00 Å². The number of carbonyl (C=O) groups excluding carboxylic acids is 1. The molecular formula is C20H38NO7P. The Morgan fingerprint density at radius 1 is 1.03 bits per heavy atom. The zero-order valence-corrected chi connectivity index (χ0v) is 18.4. The zero-order valence-electron chi connectivity index (χ0n) is 17.6. The Morgan fingerprint density at radius 3 is 1.97 bits per heavy atom. The highest BCUT2D eigenvalue weighted by molar-refractivity contribution is 7.54. The van der Waals surface area contributed by atoms with Crippen molar-refractivity contribution in [3.63, 3.8) is 0 Å². The van der Waals surface area contributed by atoms with E-state index in [9.17, 15) is 25.0 Å². The average Bonchev–Trinajstić information content (AvgIpc) is 3.40. The summed E-state index contributed by atoms with van der Waals surface area (Å²) < 4.78 is 8.98. The van der Waals surface area contributed by atoms with Crippen LogP contribution in [0, 0.1) is 0 Å². The number of unbranched alkanes of at least 4 members (excludes halogenated alkanes) is 11.